The zero-order valence-electron chi connectivity index (χ0n) is 12.1. The van der Waals surface area contributed by atoms with E-state index in [1.807, 2.05) is 12.1 Å². The molecule has 0 bridgehead atoms. The third-order valence-corrected chi connectivity index (χ3v) is 4.05. The van der Waals surface area contributed by atoms with Gasteiger partial charge in [-0.2, -0.15) is 0 Å². The quantitative estimate of drug-likeness (QED) is 0.805. The second-order valence-corrected chi connectivity index (χ2v) is 5.77. The van der Waals surface area contributed by atoms with Crippen LogP contribution in [0, 0.1) is 0 Å². The largest absolute Gasteiger partial charge is 0.508 e. The number of piperazine rings is 1. The Labute approximate surface area is 126 Å². The van der Waals surface area contributed by atoms with Crippen molar-refractivity contribution in [1.82, 2.24) is 10.6 Å². The van der Waals surface area contributed by atoms with Crippen molar-refractivity contribution in [2.45, 2.75) is 24.9 Å². The van der Waals surface area contributed by atoms with Gasteiger partial charge in [0.1, 0.15) is 5.75 Å². The summed E-state index contributed by atoms with van der Waals surface area (Å²) in [5.74, 6) is 0.330. The molecule has 0 aliphatic carbocycles. The van der Waals surface area contributed by atoms with Crippen LogP contribution in [0.4, 0.5) is 0 Å². The van der Waals surface area contributed by atoms with E-state index in [0.717, 1.165) is 25.9 Å². The molecule has 1 fully saturated rings. The minimum absolute atomic E-state index is 0.330. The van der Waals surface area contributed by atoms with Crippen LogP contribution in [0.5, 0.6) is 5.75 Å². The van der Waals surface area contributed by atoms with Crippen molar-refractivity contribution in [2.24, 2.45) is 0 Å². The first-order valence-electron chi connectivity index (χ1n) is 7.58. The molecule has 0 radical (unpaired) electrons. The zero-order chi connectivity index (χ0) is 14.5. The molecule has 2 aromatic rings. The van der Waals surface area contributed by atoms with Crippen LogP contribution in [-0.2, 0) is 12.8 Å². The maximum atomic E-state index is 9.31. The van der Waals surface area contributed by atoms with E-state index >= 15 is 0 Å². The van der Waals surface area contributed by atoms with Crippen LogP contribution in [0.3, 0.4) is 0 Å². The lowest BCUT2D eigenvalue weighted by atomic mass is 10.00. The molecule has 1 heterocycles. The summed E-state index contributed by atoms with van der Waals surface area (Å²) in [5.41, 5.74) is 2.64. The summed E-state index contributed by atoms with van der Waals surface area (Å²) < 4.78 is 0. The van der Waals surface area contributed by atoms with Gasteiger partial charge in [0.05, 0.1) is 0 Å². The zero-order valence-corrected chi connectivity index (χ0v) is 12.1. The number of rotatable bonds is 4. The van der Waals surface area contributed by atoms with Crippen LogP contribution in [0.1, 0.15) is 11.1 Å². The highest BCUT2D eigenvalue weighted by atomic mass is 16.3. The third kappa shape index (κ3) is 4.06. The van der Waals surface area contributed by atoms with Crippen molar-refractivity contribution in [3.8, 4) is 5.75 Å². The molecule has 1 aliphatic heterocycles. The maximum absolute atomic E-state index is 9.31. The Kier molecular flexibility index (Phi) is 4.53. The predicted octanol–water partition coefficient (Wildman–Crippen LogP) is 2.11. The van der Waals surface area contributed by atoms with Gasteiger partial charge in [-0.1, -0.05) is 42.5 Å². The van der Waals surface area contributed by atoms with Gasteiger partial charge in [-0.3, -0.25) is 0 Å². The molecule has 2 atom stereocenters. The fourth-order valence-corrected chi connectivity index (χ4v) is 2.87. The number of hydrogen-bond acceptors (Lipinski definition) is 3. The molecule has 1 aliphatic rings. The normalized spacial score (nSPS) is 22.1. The molecule has 1 saturated heterocycles. The second kappa shape index (κ2) is 6.74. The summed E-state index contributed by atoms with van der Waals surface area (Å²) >= 11 is 0. The lowest BCUT2D eigenvalue weighted by Crippen LogP contribution is -2.55. The Morgan fingerprint density at radius 3 is 1.81 bits per heavy atom. The standard InChI is InChI=1S/C18H22N2O/c21-18-8-6-15(7-9-18)11-17-13-19-16(12-20-17)10-14-4-2-1-3-5-14/h1-9,16-17,19-21H,10-13H2/t16-,17-/m1/s1. The Morgan fingerprint density at radius 2 is 1.29 bits per heavy atom. The van der Waals surface area contributed by atoms with E-state index in [1.165, 1.54) is 11.1 Å². The number of nitrogens with one attached hydrogen (secondary N) is 2. The van der Waals surface area contributed by atoms with E-state index in [0.29, 0.717) is 17.8 Å². The van der Waals surface area contributed by atoms with Gasteiger partial charge < -0.3 is 15.7 Å². The summed E-state index contributed by atoms with van der Waals surface area (Å²) in [6.07, 6.45) is 2.06. The predicted molar refractivity (Wildman–Crippen MR) is 85.5 cm³/mol. The van der Waals surface area contributed by atoms with Gasteiger partial charge in [0, 0.05) is 25.2 Å². The first-order chi connectivity index (χ1) is 10.3. The maximum Gasteiger partial charge on any atom is 0.115 e. The van der Waals surface area contributed by atoms with Crippen LogP contribution < -0.4 is 10.6 Å². The summed E-state index contributed by atoms with van der Waals surface area (Å²) in [5, 5.41) is 16.6. The molecule has 3 rings (SSSR count). The van der Waals surface area contributed by atoms with Gasteiger partial charge in [0.15, 0.2) is 0 Å². The molecule has 3 N–H and O–H groups in total. The third-order valence-electron chi connectivity index (χ3n) is 4.05. The average molecular weight is 282 g/mol. The van der Waals surface area contributed by atoms with E-state index in [2.05, 4.69) is 41.0 Å². The molecule has 0 saturated carbocycles. The van der Waals surface area contributed by atoms with Gasteiger partial charge in [-0.15, -0.1) is 0 Å². The molecule has 0 amide bonds. The number of aromatic hydroxyl groups is 1. The Morgan fingerprint density at radius 1 is 0.762 bits per heavy atom. The van der Waals surface area contributed by atoms with E-state index < -0.39 is 0 Å². The van der Waals surface area contributed by atoms with Crippen LogP contribution in [0.2, 0.25) is 0 Å². The molecular weight excluding hydrogens is 260 g/mol. The van der Waals surface area contributed by atoms with Gasteiger partial charge in [0.25, 0.3) is 0 Å². The summed E-state index contributed by atoms with van der Waals surface area (Å²) in [6.45, 7) is 1.98. The Bertz CT molecular complexity index is 545. The van der Waals surface area contributed by atoms with Gasteiger partial charge in [-0.05, 0) is 36.1 Å². The topological polar surface area (TPSA) is 44.3 Å². The lowest BCUT2D eigenvalue weighted by molar-refractivity contribution is 0.342. The van der Waals surface area contributed by atoms with Gasteiger partial charge >= 0.3 is 0 Å². The second-order valence-electron chi connectivity index (χ2n) is 5.77. The van der Waals surface area contributed by atoms with E-state index in [-0.39, 0.29) is 0 Å². The van der Waals surface area contributed by atoms with Crippen molar-refractivity contribution in [2.75, 3.05) is 13.1 Å². The molecule has 0 unspecified atom stereocenters. The fourth-order valence-electron chi connectivity index (χ4n) is 2.87. The van der Waals surface area contributed by atoms with E-state index in [9.17, 15) is 5.11 Å². The number of benzene rings is 2. The van der Waals surface area contributed by atoms with Crippen LogP contribution in [0.15, 0.2) is 54.6 Å². The highest BCUT2D eigenvalue weighted by Gasteiger charge is 2.20. The van der Waals surface area contributed by atoms with Crippen LogP contribution >= 0.6 is 0 Å². The number of phenolic OH excluding ortho intramolecular Hbond substituents is 1. The molecule has 3 nitrogen and oxygen atoms in total. The molecule has 0 aromatic heterocycles. The first kappa shape index (κ1) is 14.1. The van der Waals surface area contributed by atoms with Crippen molar-refractivity contribution in [3.05, 3.63) is 65.7 Å². The number of hydrogen-bond donors (Lipinski definition) is 3. The highest BCUT2D eigenvalue weighted by molar-refractivity contribution is 5.26. The Balaban J connectivity index is 1.47. The minimum Gasteiger partial charge on any atom is -0.508 e. The summed E-state index contributed by atoms with van der Waals surface area (Å²) in [7, 11) is 0. The van der Waals surface area contributed by atoms with Gasteiger partial charge in [-0.25, -0.2) is 0 Å². The smallest absolute Gasteiger partial charge is 0.115 e. The molecule has 3 heteroatoms. The average Bonchev–Trinajstić information content (AvgIpc) is 2.53. The highest BCUT2D eigenvalue weighted by Crippen LogP contribution is 2.12. The lowest BCUT2D eigenvalue weighted by Gasteiger charge is -2.31. The molecule has 110 valence electrons. The first-order valence-corrected chi connectivity index (χ1v) is 7.58. The van der Waals surface area contributed by atoms with Crippen molar-refractivity contribution in [3.63, 3.8) is 0 Å². The molecular formula is C18H22N2O. The fraction of sp³-hybridized carbons (Fsp3) is 0.333. The minimum atomic E-state index is 0.330. The SMILES string of the molecule is Oc1ccc(C[C@@H]2CN[C@H](Cc3ccccc3)CN2)cc1. The van der Waals surface area contributed by atoms with Crippen molar-refractivity contribution in [1.29, 1.82) is 0 Å². The van der Waals surface area contributed by atoms with Crippen molar-refractivity contribution < 1.29 is 5.11 Å². The van der Waals surface area contributed by atoms with Gasteiger partial charge in [0.2, 0.25) is 0 Å². The van der Waals surface area contributed by atoms with Crippen LogP contribution in [-0.4, -0.2) is 30.3 Å². The summed E-state index contributed by atoms with van der Waals surface area (Å²) in [6, 6.07) is 19.1. The summed E-state index contributed by atoms with van der Waals surface area (Å²) in [4.78, 5) is 0. The Hall–Kier alpha value is -1.84. The van der Waals surface area contributed by atoms with Crippen LogP contribution in [0.25, 0.3) is 0 Å². The van der Waals surface area contributed by atoms with Crippen molar-refractivity contribution >= 4 is 0 Å². The van der Waals surface area contributed by atoms with E-state index in [1.54, 1.807) is 12.1 Å². The molecule has 2 aromatic carbocycles. The number of phenols is 1. The monoisotopic (exact) mass is 282 g/mol. The van der Waals surface area contributed by atoms with E-state index in [4.69, 9.17) is 0 Å². The molecule has 0 spiro atoms. The molecule has 21 heavy (non-hydrogen) atoms.